The van der Waals surface area contributed by atoms with E-state index < -0.39 is 0 Å². The van der Waals surface area contributed by atoms with Crippen LogP contribution >= 0.6 is 0 Å². The maximum absolute atomic E-state index is 13.3. The monoisotopic (exact) mass is 407 g/mol. The molecule has 1 aromatic heterocycles. The number of rotatable bonds is 12. The molecule has 0 aliphatic carbocycles. The van der Waals surface area contributed by atoms with Gasteiger partial charge >= 0.3 is 0 Å². The van der Waals surface area contributed by atoms with Gasteiger partial charge in [-0.2, -0.15) is 0 Å². The highest BCUT2D eigenvalue weighted by Crippen LogP contribution is 2.29. The number of aryl methyl sites for hydroxylation is 1. The van der Waals surface area contributed by atoms with E-state index in [0.717, 1.165) is 61.3 Å². The van der Waals surface area contributed by atoms with E-state index in [1.54, 1.807) is 0 Å². The van der Waals surface area contributed by atoms with E-state index >= 15 is 0 Å². The lowest BCUT2D eigenvalue weighted by atomic mass is 9.98. The van der Waals surface area contributed by atoms with Crippen LogP contribution in [0.25, 0.3) is 11.0 Å². The minimum atomic E-state index is 0.00971. The fourth-order valence-electron chi connectivity index (χ4n) is 3.48. The van der Waals surface area contributed by atoms with Gasteiger partial charge in [-0.25, -0.2) is 0 Å². The van der Waals surface area contributed by atoms with Crippen LogP contribution in [0.15, 0.2) is 52.9 Å². The van der Waals surface area contributed by atoms with Crippen LogP contribution in [0.3, 0.4) is 0 Å². The van der Waals surface area contributed by atoms with Crippen molar-refractivity contribution in [2.45, 2.75) is 46.5 Å². The standard InChI is InChI=1S/C26H33NO3/c1-4-5-10-24-25(22-9-6-7-11-23(22)30-24)26(28)20-12-14-21(15-13-20)29-17-8-16-27-18-19(2)3/h6-7,9,11-15,19,27H,4-5,8,10,16-18H2,1-3H3. The molecule has 30 heavy (non-hydrogen) atoms. The molecule has 1 heterocycles. The minimum absolute atomic E-state index is 0.00971. The summed E-state index contributed by atoms with van der Waals surface area (Å²) in [5.41, 5.74) is 2.13. The van der Waals surface area contributed by atoms with Crippen molar-refractivity contribution in [3.8, 4) is 5.75 Å². The molecule has 3 rings (SSSR count). The summed E-state index contributed by atoms with van der Waals surface area (Å²) < 4.78 is 11.8. The number of hydrogen-bond donors (Lipinski definition) is 1. The number of carbonyl (C=O) groups is 1. The van der Waals surface area contributed by atoms with E-state index in [-0.39, 0.29) is 5.78 Å². The van der Waals surface area contributed by atoms with Gasteiger partial charge in [0, 0.05) is 17.4 Å². The maximum atomic E-state index is 13.3. The molecule has 0 fully saturated rings. The highest BCUT2D eigenvalue weighted by atomic mass is 16.5. The molecule has 0 spiro atoms. The summed E-state index contributed by atoms with van der Waals surface area (Å²) in [7, 11) is 0. The predicted octanol–water partition coefficient (Wildman–Crippen LogP) is 6.02. The molecule has 0 saturated carbocycles. The van der Waals surface area contributed by atoms with E-state index in [9.17, 15) is 4.79 Å². The Kier molecular flexibility index (Phi) is 8.09. The molecule has 0 amide bonds. The number of hydrogen-bond acceptors (Lipinski definition) is 4. The quantitative estimate of drug-likeness (QED) is 0.295. The van der Waals surface area contributed by atoms with Gasteiger partial charge in [0.15, 0.2) is 5.78 Å². The van der Waals surface area contributed by atoms with Crippen molar-refractivity contribution >= 4 is 16.8 Å². The summed E-state index contributed by atoms with van der Waals surface area (Å²) >= 11 is 0. The van der Waals surface area contributed by atoms with Crippen LogP contribution < -0.4 is 10.1 Å². The Balaban J connectivity index is 1.66. The van der Waals surface area contributed by atoms with Crippen LogP contribution in [-0.4, -0.2) is 25.5 Å². The SMILES string of the molecule is CCCCc1oc2ccccc2c1C(=O)c1ccc(OCCCNCC(C)C)cc1. The Hall–Kier alpha value is -2.59. The average molecular weight is 408 g/mol. The van der Waals surface area contributed by atoms with Crippen molar-refractivity contribution < 1.29 is 13.9 Å². The minimum Gasteiger partial charge on any atom is -0.494 e. The van der Waals surface area contributed by atoms with Crippen LogP contribution in [0.5, 0.6) is 5.75 Å². The Bertz CT molecular complexity index is 941. The van der Waals surface area contributed by atoms with Gasteiger partial charge in [0.05, 0.1) is 12.2 Å². The largest absolute Gasteiger partial charge is 0.494 e. The van der Waals surface area contributed by atoms with Gasteiger partial charge in [0.25, 0.3) is 0 Å². The van der Waals surface area contributed by atoms with Gasteiger partial charge in [-0.3, -0.25) is 4.79 Å². The van der Waals surface area contributed by atoms with Crippen molar-refractivity contribution in [1.82, 2.24) is 5.32 Å². The first-order valence-corrected chi connectivity index (χ1v) is 11.1. The lowest BCUT2D eigenvalue weighted by molar-refractivity contribution is 0.103. The summed E-state index contributed by atoms with van der Waals surface area (Å²) in [6.45, 7) is 9.18. The first-order chi connectivity index (χ1) is 14.6. The molecule has 0 saturated heterocycles. The van der Waals surface area contributed by atoms with E-state index in [4.69, 9.17) is 9.15 Å². The van der Waals surface area contributed by atoms with E-state index in [0.29, 0.717) is 23.7 Å². The third-order valence-corrected chi connectivity index (χ3v) is 5.09. The van der Waals surface area contributed by atoms with Crippen LogP contribution in [0.2, 0.25) is 0 Å². The Morgan fingerprint density at radius 1 is 1.07 bits per heavy atom. The Labute approximate surface area is 179 Å². The maximum Gasteiger partial charge on any atom is 0.197 e. The zero-order valence-corrected chi connectivity index (χ0v) is 18.4. The van der Waals surface area contributed by atoms with Gasteiger partial charge in [-0.05, 0) is 62.2 Å². The van der Waals surface area contributed by atoms with Crippen molar-refractivity contribution in [3.63, 3.8) is 0 Å². The van der Waals surface area contributed by atoms with Gasteiger partial charge in [0.1, 0.15) is 17.1 Å². The third-order valence-electron chi connectivity index (χ3n) is 5.09. The molecule has 0 aliphatic heterocycles. The molecule has 0 radical (unpaired) electrons. The molecular formula is C26H33NO3. The van der Waals surface area contributed by atoms with Crippen LogP contribution in [0, 0.1) is 5.92 Å². The molecule has 0 atom stereocenters. The number of carbonyl (C=O) groups excluding carboxylic acids is 1. The fourth-order valence-corrected chi connectivity index (χ4v) is 3.48. The number of ketones is 1. The number of para-hydroxylation sites is 1. The van der Waals surface area contributed by atoms with E-state index in [2.05, 4.69) is 26.1 Å². The van der Waals surface area contributed by atoms with E-state index in [1.165, 1.54) is 0 Å². The zero-order valence-electron chi connectivity index (χ0n) is 18.4. The molecule has 0 bridgehead atoms. The molecule has 4 heteroatoms. The summed E-state index contributed by atoms with van der Waals surface area (Å²) in [5.74, 6) is 2.25. The predicted molar refractivity (Wildman–Crippen MR) is 123 cm³/mol. The number of ether oxygens (including phenoxy) is 1. The second kappa shape index (κ2) is 11.0. The molecule has 1 N–H and O–H groups in total. The third kappa shape index (κ3) is 5.73. The van der Waals surface area contributed by atoms with Crippen LogP contribution in [0.4, 0.5) is 0 Å². The summed E-state index contributed by atoms with van der Waals surface area (Å²) in [5, 5.41) is 4.30. The lowest BCUT2D eigenvalue weighted by Crippen LogP contribution is -2.22. The van der Waals surface area contributed by atoms with Crippen molar-refractivity contribution in [2.75, 3.05) is 19.7 Å². The van der Waals surface area contributed by atoms with E-state index in [1.807, 2.05) is 48.5 Å². The number of nitrogens with one attached hydrogen (secondary N) is 1. The highest BCUT2D eigenvalue weighted by molar-refractivity contribution is 6.16. The molecule has 160 valence electrons. The summed E-state index contributed by atoms with van der Waals surface area (Å²) in [6, 6.07) is 15.2. The smallest absolute Gasteiger partial charge is 0.197 e. The topological polar surface area (TPSA) is 51.5 Å². The molecule has 3 aromatic rings. The van der Waals surface area contributed by atoms with Gasteiger partial charge < -0.3 is 14.5 Å². The second-order valence-corrected chi connectivity index (χ2v) is 8.15. The van der Waals surface area contributed by atoms with Crippen LogP contribution in [-0.2, 0) is 6.42 Å². The van der Waals surface area contributed by atoms with Crippen LogP contribution in [0.1, 0.15) is 61.7 Å². The first-order valence-electron chi connectivity index (χ1n) is 11.1. The number of furan rings is 1. The van der Waals surface area contributed by atoms with Gasteiger partial charge in [-0.15, -0.1) is 0 Å². The van der Waals surface area contributed by atoms with Crippen molar-refractivity contribution in [3.05, 3.63) is 65.4 Å². The Morgan fingerprint density at radius 3 is 2.57 bits per heavy atom. The average Bonchev–Trinajstić information content (AvgIpc) is 3.12. The first kappa shape index (κ1) is 22.1. The highest BCUT2D eigenvalue weighted by Gasteiger charge is 2.21. The summed E-state index contributed by atoms with van der Waals surface area (Å²) in [4.78, 5) is 13.3. The van der Waals surface area contributed by atoms with Gasteiger partial charge in [-0.1, -0.05) is 45.4 Å². The number of fused-ring (bicyclic) bond motifs is 1. The second-order valence-electron chi connectivity index (χ2n) is 8.15. The van der Waals surface area contributed by atoms with Gasteiger partial charge in [0.2, 0.25) is 0 Å². The van der Waals surface area contributed by atoms with Crippen molar-refractivity contribution in [2.24, 2.45) is 5.92 Å². The lowest BCUT2D eigenvalue weighted by Gasteiger charge is -2.09. The zero-order chi connectivity index (χ0) is 21.3. The fraction of sp³-hybridized carbons (Fsp3) is 0.423. The normalized spacial score (nSPS) is 11.3. The summed E-state index contributed by atoms with van der Waals surface area (Å²) in [6.07, 6.45) is 3.79. The number of unbranched alkanes of at least 4 members (excludes halogenated alkanes) is 1. The molecule has 0 unspecified atom stereocenters. The molecule has 2 aromatic carbocycles. The molecular weight excluding hydrogens is 374 g/mol. The Morgan fingerprint density at radius 2 is 1.83 bits per heavy atom. The number of benzene rings is 2. The van der Waals surface area contributed by atoms with Crippen molar-refractivity contribution in [1.29, 1.82) is 0 Å². The molecule has 0 aliphatic rings. The molecule has 4 nitrogen and oxygen atoms in total.